The first kappa shape index (κ1) is 16.8. The van der Waals surface area contributed by atoms with E-state index in [-0.39, 0.29) is 11.5 Å². The van der Waals surface area contributed by atoms with E-state index in [0.717, 1.165) is 17.0 Å². The molecule has 0 N–H and O–H groups in total. The Labute approximate surface area is 151 Å². The van der Waals surface area contributed by atoms with Crippen molar-refractivity contribution in [3.8, 4) is 17.3 Å². The zero-order chi connectivity index (χ0) is 18.3. The zero-order valence-electron chi connectivity index (χ0n) is 15.4. The Hall–Kier alpha value is -2.67. The first-order chi connectivity index (χ1) is 12.4. The molecule has 7 heteroatoms. The van der Waals surface area contributed by atoms with Crippen molar-refractivity contribution in [2.24, 2.45) is 0 Å². The van der Waals surface area contributed by atoms with Crippen LogP contribution in [0.25, 0.3) is 11.6 Å². The Bertz CT molecular complexity index is 906. The van der Waals surface area contributed by atoms with Gasteiger partial charge in [-0.05, 0) is 23.8 Å². The maximum Gasteiger partial charge on any atom is 0.278 e. The number of methoxy groups -OCH3 is 1. The summed E-state index contributed by atoms with van der Waals surface area (Å²) in [5.74, 6) is 1.95. The van der Waals surface area contributed by atoms with E-state index in [4.69, 9.17) is 14.0 Å². The van der Waals surface area contributed by atoms with Crippen molar-refractivity contribution in [1.29, 1.82) is 0 Å². The molecule has 26 heavy (non-hydrogen) atoms. The average molecular weight is 354 g/mol. The summed E-state index contributed by atoms with van der Waals surface area (Å²) >= 11 is 0. The van der Waals surface area contributed by atoms with Crippen LogP contribution in [0.4, 0.5) is 0 Å². The summed E-state index contributed by atoms with van der Waals surface area (Å²) in [5, 5.41) is 8.71. The van der Waals surface area contributed by atoms with Gasteiger partial charge in [0.2, 0.25) is 0 Å². The van der Waals surface area contributed by atoms with Crippen LogP contribution in [0.5, 0.6) is 5.75 Å². The third kappa shape index (κ3) is 3.10. The van der Waals surface area contributed by atoms with Crippen molar-refractivity contribution in [2.75, 3.05) is 7.11 Å². The maximum atomic E-state index is 6.00. The summed E-state index contributed by atoms with van der Waals surface area (Å²) in [5.41, 5.74) is 2.62. The average Bonchev–Trinajstić information content (AvgIpc) is 3.27. The van der Waals surface area contributed by atoms with Crippen molar-refractivity contribution in [2.45, 2.75) is 45.4 Å². The van der Waals surface area contributed by atoms with Gasteiger partial charge in [-0.2, -0.15) is 10.1 Å². The molecule has 0 amide bonds. The molecule has 4 rings (SSSR count). The Balaban J connectivity index is 1.56. The van der Waals surface area contributed by atoms with Gasteiger partial charge < -0.3 is 14.0 Å². The fraction of sp³-hybridized carbons (Fsp3) is 0.421. The minimum absolute atomic E-state index is 0.0472. The zero-order valence-corrected chi connectivity index (χ0v) is 15.4. The van der Waals surface area contributed by atoms with Gasteiger partial charge in [0.25, 0.3) is 5.89 Å². The van der Waals surface area contributed by atoms with Crippen LogP contribution >= 0.6 is 0 Å². The molecule has 0 saturated carbocycles. The monoisotopic (exact) mass is 354 g/mol. The number of hydrogen-bond donors (Lipinski definition) is 0. The van der Waals surface area contributed by atoms with E-state index >= 15 is 0 Å². The molecule has 1 aliphatic heterocycles. The van der Waals surface area contributed by atoms with Gasteiger partial charge in [0.15, 0.2) is 11.5 Å². The minimum atomic E-state index is -0.163. The van der Waals surface area contributed by atoms with Crippen molar-refractivity contribution >= 4 is 0 Å². The Morgan fingerprint density at radius 1 is 1.19 bits per heavy atom. The molecule has 0 unspecified atom stereocenters. The predicted molar refractivity (Wildman–Crippen MR) is 94.7 cm³/mol. The summed E-state index contributed by atoms with van der Waals surface area (Å²) < 4.78 is 18.6. The van der Waals surface area contributed by atoms with Gasteiger partial charge in [-0.3, -0.25) is 4.68 Å². The molecule has 0 radical (unpaired) electrons. The molecule has 0 spiro atoms. The quantitative estimate of drug-likeness (QED) is 0.716. The molecule has 0 bridgehead atoms. The molecule has 2 aromatic heterocycles. The highest BCUT2D eigenvalue weighted by Gasteiger charge is 2.26. The smallest absolute Gasteiger partial charge is 0.278 e. The molecule has 0 saturated heterocycles. The van der Waals surface area contributed by atoms with Gasteiger partial charge in [0, 0.05) is 5.41 Å². The van der Waals surface area contributed by atoms with E-state index in [2.05, 4.69) is 15.2 Å². The van der Waals surface area contributed by atoms with Crippen molar-refractivity contribution in [1.82, 2.24) is 19.9 Å². The van der Waals surface area contributed by atoms with Crippen LogP contribution in [0.1, 0.15) is 44.0 Å². The molecular formula is C19H22N4O3. The Morgan fingerprint density at radius 3 is 2.62 bits per heavy atom. The fourth-order valence-electron chi connectivity index (χ4n) is 2.88. The van der Waals surface area contributed by atoms with Crippen LogP contribution < -0.4 is 4.74 Å². The fourth-order valence-corrected chi connectivity index (χ4v) is 2.88. The van der Waals surface area contributed by atoms with Gasteiger partial charge in [0.05, 0.1) is 26.0 Å². The van der Waals surface area contributed by atoms with Gasteiger partial charge >= 0.3 is 0 Å². The molecular weight excluding hydrogens is 332 g/mol. The molecule has 1 atom stereocenters. The van der Waals surface area contributed by atoms with Gasteiger partial charge in [-0.1, -0.05) is 38.1 Å². The number of ether oxygens (including phenoxy) is 2. The largest absolute Gasteiger partial charge is 0.497 e. The predicted octanol–water partition coefficient (Wildman–Crippen LogP) is 3.51. The molecule has 7 nitrogen and oxygen atoms in total. The molecule has 0 aliphatic carbocycles. The number of hydrogen-bond acceptors (Lipinski definition) is 6. The lowest BCUT2D eigenvalue weighted by Crippen LogP contribution is -2.21. The van der Waals surface area contributed by atoms with Crippen LogP contribution in [-0.4, -0.2) is 27.0 Å². The summed E-state index contributed by atoms with van der Waals surface area (Å²) in [6.45, 7) is 7.28. The number of rotatable bonds is 3. The van der Waals surface area contributed by atoms with Gasteiger partial charge in [0.1, 0.15) is 11.9 Å². The van der Waals surface area contributed by atoms with E-state index in [1.807, 2.05) is 55.8 Å². The normalized spacial score (nSPS) is 17.2. The van der Waals surface area contributed by atoms with Crippen LogP contribution in [0.3, 0.4) is 0 Å². The standard InChI is InChI=1S/C19H22N4O3/c1-19(2,3)18-20-17(26-22-18)15-9-13-11-25-16(10-23(13)21-15)12-5-7-14(24-4)8-6-12/h5-9,16H,10-11H2,1-4H3/t16-/m0/s1. The highest BCUT2D eigenvalue weighted by molar-refractivity contribution is 5.47. The second-order valence-electron chi connectivity index (χ2n) is 7.45. The van der Waals surface area contributed by atoms with Crippen LogP contribution in [-0.2, 0) is 23.3 Å². The lowest BCUT2D eigenvalue weighted by Gasteiger charge is -2.24. The van der Waals surface area contributed by atoms with E-state index < -0.39 is 0 Å². The van der Waals surface area contributed by atoms with E-state index in [9.17, 15) is 0 Å². The molecule has 1 aliphatic rings. The first-order valence-corrected chi connectivity index (χ1v) is 8.61. The molecule has 0 fully saturated rings. The highest BCUT2D eigenvalue weighted by atomic mass is 16.5. The number of benzene rings is 1. The molecule has 3 heterocycles. The molecule has 1 aromatic carbocycles. The van der Waals surface area contributed by atoms with E-state index in [0.29, 0.717) is 30.6 Å². The van der Waals surface area contributed by atoms with Gasteiger partial charge in [-0.15, -0.1) is 0 Å². The van der Waals surface area contributed by atoms with Crippen LogP contribution in [0.15, 0.2) is 34.9 Å². The minimum Gasteiger partial charge on any atom is -0.497 e. The van der Waals surface area contributed by atoms with Gasteiger partial charge in [-0.25, -0.2) is 0 Å². The first-order valence-electron chi connectivity index (χ1n) is 8.61. The van der Waals surface area contributed by atoms with Crippen LogP contribution in [0.2, 0.25) is 0 Å². The second kappa shape index (κ2) is 6.25. The van der Waals surface area contributed by atoms with Crippen molar-refractivity contribution in [3.63, 3.8) is 0 Å². The lowest BCUT2D eigenvalue weighted by atomic mass is 9.96. The van der Waals surface area contributed by atoms with Crippen molar-refractivity contribution in [3.05, 3.63) is 47.4 Å². The van der Waals surface area contributed by atoms with E-state index in [1.54, 1.807) is 7.11 Å². The second-order valence-corrected chi connectivity index (χ2v) is 7.45. The SMILES string of the molecule is COc1ccc([C@@H]2Cn3nc(-c4nc(C(C)(C)C)no4)cc3CO2)cc1. The third-order valence-electron chi connectivity index (χ3n) is 4.44. The third-order valence-corrected chi connectivity index (χ3v) is 4.44. The summed E-state index contributed by atoms with van der Waals surface area (Å²) in [7, 11) is 1.66. The number of aromatic nitrogens is 4. The Kier molecular flexibility index (Phi) is 4.03. The highest BCUT2D eigenvalue weighted by Crippen LogP contribution is 2.30. The summed E-state index contributed by atoms with van der Waals surface area (Å²) in [6, 6.07) is 9.87. The molecule has 136 valence electrons. The topological polar surface area (TPSA) is 75.2 Å². The molecule has 3 aromatic rings. The summed E-state index contributed by atoms with van der Waals surface area (Å²) in [6.07, 6.45) is -0.0472. The van der Waals surface area contributed by atoms with Crippen molar-refractivity contribution < 1.29 is 14.0 Å². The summed E-state index contributed by atoms with van der Waals surface area (Å²) in [4.78, 5) is 4.48. The van der Waals surface area contributed by atoms with E-state index in [1.165, 1.54) is 0 Å². The Morgan fingerprint density at radius 2 is 1.96 bits per heavy atom. The lowest BCUT2D eigenvalue weighted by molar-refractivity contribution is -0.00115. The maximum absolute atomic E-state index is 6.00. The number of fused-ring (bicyclic) bond motifs is 1. The van der Waals surface area contributed by atoms with Crippen LogP contribution in [0, 0.1) is 0 Å². The number of nitrogens with zero attached hydrogens (tertiary/aromatic N) is 4.